The number of nitrogens with zero attached hydrogens (tertiary/aromatic N) is 2. The zero-order chi connectivity index (χ0) is 15.4. The molecule has 0 saturated heterocycles. The normalized spacial score (nSPS) is 10.6. The standard InChI is InChI=1S/C16H20N2O3/c1-4-17-8-9-18(16(17)20)11-14-10-13(12(3)19)6-7-15(14)21-5-2/h6-10H,4-5,11H2,1-3H3. The van der Waals surface area contributed by atoms with E-state index in [-0.39, 0.29) is 11.5 Å². The van der Waals surface area contributed by atoms with Gasteiger partial charge in [0.2, 0.25) is 0 Å². The molecule has 0 aliphatic carbocycles. The maximum atomic E-state index is 12.1. The molecule has 0 aliphatic rings. The molecule has 2 rings (SSSR count). The van der Waals surface area contributed by atoms with Gasteiger partial charge < -0.3 is 4.74 Å². The number of carbonyl (C=O) groups is 1. The summed E-state index contributed by atoms with van der Waals surface area (Å²) >= 11 is 0. The van der Waals surface area contributed by atoms with Crippen LogP contribution >= 0.6 is 0 Å². The second-order valence-electron chi connectivity index (χ2n) is 4.81. The topological polar surface area (TPSA) is 53.2 Å². The maximum absolute atomic E-state index is 12.1. The molecule has 1 aromatic carbocycles. The molecular weight excluding hydrogens is 268 g/mol. The third-order valence-corrected chi connectivity index (χ3v) is 3.37. The maximum Gasteiger partial charge on any atom is 0.328 e. The van der Waals surface area contributed by atoms with Crippen LogP contribution in [0.25, 0.3) is 0 Å². The number of ether oxygens (including phenoxy) is 1. The minimum atomic E-state index is -0.0619. The Kier molecular flexibility index (Phi) is 4.62. The lowest BCUT2D eigenvalue weighted by Gasteiger charge is -2.11. The number of hydrogen-bond acceptors (Lipinski definition) is 3. The molecule has 0 atom stereocenters. The van der Waals surface area contributed by atoms with Crippen molar-refractivity contribution < 1.29 is 9.53 Å². The first kappa shape index (κ1) is 15.1. The number of ketones is 1. The molecule has 0 aliphatic heterocycles. The van der Waals surface area contributed by atoms with Crippen LogP contribution in [0.5, 0.6) is 5.75 Å². The molecule has 0 unspecified atom stereocenters. The van der Waals surface area contributed by atoms with E-state index in [4.69, 9.17) is 4.74 Å². The van der Waals surface area contributed by atoms with Crippen LogP contribution in [-0.4, -0.2) is 21.5 Å². The Morgan fingerprint density at radius 3 is 2.48 bits per heavy atom. The molecule has 1 heterocycles. The molecule has 21 heavy (non-hydrogen) atoms. The Morgan fingerprint density at radius 1 is 1.19 bits per heavy atom. The largest absolute Gasteiger partial charge is 0.494 e. The minimum absolute atomic E-state index is 0.00206. The van der Waals surface area contributed by atoms with Gasteiger partial charge in [0.15, 0.2) is 5.78 Å². The van der Waals surface area contributed by atoms with Crippen LogP contribution in [0.4, 0.5) is 0 Å². The van der Waals surface area contributed by atoms with E-state index in [9.17, 15) is 9.59 Å². The van der Waals surface area contributed by atoms with Crippen LogP contribution in [-0.2, 0) is 13.1 Å². The summed E-state index contributed by atoms with van der Waals surface area (Å²) in [6.45, 7) is 6.92. The number of Topliss-reactive ketones (excluding diaryl/α,β-unsaturated/α-hetero) is 1. The van der Waals surface area contributed by atoms with Crippen molar-refractivity contribution in [2.45, 2.75) is 33.9 Å². The molecule has 5 nitrogen and oxygen atoms in total. The lowest BCUT2D eigenvalue weighted by molar-refractivity contribution is 0.101. The first-order valence-electron chi connectivity index (χ1n) is 7.09. The summed E-state index contributed by atoms with van der Waals surface area (Å²) in [6.07, 6.45) is 3.51. The fourth-order valence-corrected chi connectivity index (χ4v) is 2.22. The Morgan fingerprint density at radius 2 is 1.90 bits per heavy atom. The van der Waals surface area contributed by atoms with Crippen molar-refractivity contribution in [2.24, 2.45) is 0 Å². The predicted octanol–water partition coefficient (Wildman–Crippen LogP) is 2.32. The minimum Gasteiger partial charge on any atom is -0.494 e. The van der Waals surface area contributed by atoms with Gasteiger partial charge in [-0.15, -0.1) is 0 Å². The number of aromatic nitrogens is 2. The second kappa shape index (κ2) is 6.43. The molecule has 5 heteroatoms. The highest BCUT2D eigenvalue weighted by molar-refractivity contribution is 5.94. The molecule has 0 amide bonds. The van der Waals surface area contributed by atoms with Crippen LogP contribution in [0.2, 0.25) is 0 Å². The molecule has 112 valence electrons. The molecule has 0 spiro atoms. The van der Waals surface area contributed by atoms with Gasteiger partial charge in [0.05, 0.1) is 13.2 Å². The van der Waals surface area contributed by atoms with Gasteiger partial charge in [0.1, 0.15) is 5.75 Å². The van der Waals surface area contributed by atoms with E-state index in [1.165, 1.54) is 6.92 Å². The van der Waals surface area contributed by atoms with Crippen LogP contribution in [0.1, 0.15) is 36.7 Å². The molecule has 0 bridgehead atoms. The Bertz CT molecular complexity index is 698. The number of hydrogen-bond donors (Lipinski definition) is 0. The molecule has 0 fully saturated rings. The van der Waals surface area contributed by atoms with Crippen LogP contribution < -0.4 is 10.4 Å². The van der Waals surface area contributed by atoms with Gasteiger partial charge in [-0.25, -0.2) is 4.79 Å². The number of benzene rings is 1. The lowest BCUT2D eigenvalue weighted by Crippen LogP contribution is -2.24. The summed E-state index contributed by atoms with van der Waals surface area (Å²) in [5.41, 5.74) is 1.39. The van der Waals surface area contributed by atoms with Gasteiger partial charge in [-0.2, -0.15) is 0 Å². The van der Waals surface area contributed by atoms with Crippen molar-refractivity contribution in [3.05, 3.63) is 52.2 Å². The summed E-state index contributed by atoms with van der Waals surface area (Å²) in [6, 6.07) is 5.33. The van der Waals surface area contributed by atoms with Gasteiger partial charge in [0.25, 0.3) is 0 Å². The average molecular weight is 288 g/mol. The summed E-state index contributed by atoms with van der Waals surface area (Å²) in [5, 5.41) is 0. The SMILES string of the molecule is CCOc1ccc(C(C)=O)cc1Cn1ccn(CC)c1=O. The average Bonchev–Trinajstić information content (AvgIpc) is 2.81. The fraction of sp³-hybridized carbons (Fsp3) is 0.375. The zero-order valence-electron chi connectivity index (χ0n) is 12.6. The highest BCUT2D eigenvalue weighted by Gasteiger charge is 2.10. The van der Waals surface area contributed by atoms with Gasteiger partial charge >= 0.3 is 5.69 Å². The molecule has 1 aromatic heterocycles. The third-order valence-electron chi connectivity index (χ3n) is 3.37. The fourth-order valence-electron chi connectivity index (χ4n) is 2.22. The monoisotopic (exact) mass is 288 g/mol. The van der Waals surface area contributed by atoms with Gasteiger partial charge in [-0.05, 0) is 39.0 Å². The molecule has 0 saturated carbocycles. The van der Waals surface area contributed by atoms with Crippen molar-refractivity contribution in [3.63, 3.8) is 0 Å². The number of carbonyl (C=O) groups excluding carboxylic acids is 1. The summed E-state index contributed by atoms with van der Waals surface area (Å²) in [4.78, 5) is 23.6. The number of aryl methyl sites for hydroxylation is 1. The van der Waals surface area contributed by atoms with Crippen LogP contribution in [0, 0.1) is 0 Å². The molecular formula is C16H20N2O3. The zero-order valence-corrected chi connectivity index (χ0v) is 12.6. The number of imidazole rings is 1. The molecule has 0 radical (unpaired) electrons. The van der Waals surface area contributed by atoms with E-state index in [1.54, 1.807) is 39.7 Å². The van der Waals surface area contributed by atoms with E-state index in [0.29, 0.717) is 31.0 Å². The smallest absolute Gasteiger partial charge is 0.328 e. The molecule has 2 aromatic rings. The van der Waals surface area contributed by atoms with Crippen molar-refractivity contribution >= 4 is 5.78 Å². The van der Waals surface area contributed by atoms with Gasteiger partial charge in [-0.3, -0.25) is 13.9 Å². The van der Waals surface area contributed by atoms with Crippen LogP contribution in [0.3, 0.4) is 0 Å². The Balaban J connectivity index is 2.40. The van der Waals surface area contributed by atoms with E-state index in [2.05, 4.69) is 0 Å². The van der Waals surface area contributed by atoms with E-state index >= 15 is 0 Å². The number of rotatable bonds is 6. The van der Waals surface area contributed by atoms with Crippen molar-refractivity contribution in [2.75, 3.05) is 6.61 Å². The summed E-state index contributed by atoms with van der Waals surface area (Å²) < 4.78 is 8.83. The second-order valence-corrected chi connectivity index (χ2v) is 4.81. The first-order valence-corrected chi connectivity index (χ1v) is 7.09. The first-order chi connectivity index (χ1) is 10.1. The quantitative estimate of drug-likeness (QED) is 0.767. The van der Waals surface area contributed by atoms with Gasteiger partial charge in [0, 0.05) is 30.1 Å². The summed E-state index contributed by atoms with van der Waals surface area (Å²) in [7, 11) is 0. The van der Waals surface area contributed by atoms with E-state index in [0.717, 1.165) is 5.56 Å². The highest BCUT2D eigenvalue weighted by Crippen LogP contribution is 2.21. The Hall–Kier alpha value is -2.30. The van der Waals surface area contributed by atoms with Gasteiger partial charge in [-0.1, -0.05) is 0 Å². The van der Waals surface area contributed by atoms with Crippen LogP contribution in [0.15, 0.2) is 35.4 Å². The lowest BCUT2D eigenvalue weighted by atomic mass is 10.1. The van der Waals surface area contributed by atoms with E-state index in [1.807, 2.05) is 13.8 Å². The predicted molar refractivity (Wildman–Crippen MR) is 81.1 cm³/mol. The van der Waals surface area contributed by atoms with Crippen molar-refractivity contribution in [3.8, 4) is 5.75 Å². The Labute approximate surface area is 123 Å². The highest BCUT2D eigenvalue weighted by atomic mass is 16.5. The molecule has 0 N–H and O–H groups in total. The summed E-state index contributed by atoms with van der Waals surface area (Å²) in [5.74, 6) is 0.705. The third kappa shape index (κ3) is 3.24. The van der Waals surface area contributed by atoms with E-state index < -0.39 is 0 Å². The van der Waals surface area contributed by atoms with Crippen molar-refractivity contribution in [1.82, 2.24) is 9.13 Å². The van der Waals surface area contributed by atoms with Crippen molar-refractivity contribution in [1.29, 1.82) is 0 Å².